The molecule has 3 nitrogen and oxygen atoms in total. The van der Waals surface area contributed by atoms with Crippen molar-refractivity contribution in [1.29, 1.82) is 0 Å². The molecule has 0 unspecified atom stereocenters. The third-order valence-electron chi connectivity index (χ3n) is 5.73. The highest BCUT2D eigenvalue weighted by Crippen LogP contribution is 2.62. The van der Waals surface area contributed by atoms with E-state index in [1.807, 2.05) is 0 Å². The summed E-state index contributed by atoms with van der Waals surface area (Å²) >= 11 is 0. The summed E-state index contributed by atoms with van der Waals surface area (Å²) in [6, 6.07) is 5.21. The van der Waals surface area contributed by atoms with Crippen LogP contribution in [-0.4, -0.2) is 35.6 Å². The summed E-state index contributed by atoms with van der Waals surface area (Å²) in [5, 5.41) is 9.73. The summed E-state index contributed by atoms with van der Waals surface area (Å²) < 4.78 is 39.2. The monoisotopic (exact) mass is 341 g/mol. The number of alkyl halides is 3. The number of benzene rings is 1. The van der Waals surface area contributed by atoms with Gasteiger partial charge in [-0.1, -0.05) is 32.0 Å². The van der Waals surface area contributed by atoms with Crippen LogP contribution in [-0.2, 0) is 17.4 Å². The predicted octanol–water partition coefficient (Wildman–Crippen LogP) is 3.11. The van der Waals surface area contributed by atoms with Crippen LogP contribution in [0.1, 0.15) is 31.4 Å². The van der Waals surface area contributed by atoms with Crippen LogP contribution in [0.3, 0.4) is 0 Å². The van der Waals surface area contributed by atoms with Gasteiger partial charge >= 0.3 is 6.18 Å². The van der Waals surface area contributed by atoms with Gasteiger partial charge in [-0.15, -0.1) is 0 Å². The lowest BCUT2D eigenvalue weighted by atomic mass is 9.48. The first-order valence-corrected chi connectivity index (χ1v) is 8.13. The van der Waals surface area contributed by atoms with Crippen LogP contribution in [0.15, 0.2) is 24.3 Å². The van der Waals surface area contributed by atoms with Crippen molar-refractivity contribution in [3.05, 3.63) is 35.4 Å². The quantitative estimate of drug-likeness (QED) is 0.918. The predicted molar refractivity (Wildman–Crippen MR) is 83.1 cm³/mol. The highest BCUT2D eigenvalue weighted by molar-refractivity contribution is 5.79. The van der Waals surface area contributed by atoms with E-state index < -0.39 is 11.7 Å². The Morgan fingerprint density at radius 1 is 1.33 bits per heavy atom. The highest BCUT2D eigenvalue weighted by atomic mass is 19.4. The number of hydrogen-bond acceptors (Lipinski definition) is 2. The fourth-order valence-electron chi connectivity index (χ4n) is 4.76. The zero-order chi connectivity index (χ0) is 17.8. The van der Waals surface area contributed by atoms with Gasteiger partial charge in [0.25, 0.3) is 0 Å². The standard InChI is InChI=1S/C18H22F3NO2/c1-16(2)9-17(11-23)10-22(8-14(16)17)15(24)7-12-5-3-4-6-13(12)18(19,20)21/h3-6,14,23H,7-11H2,1-2H3/t14-,17-/m1/s1. The average molecular weight is 341 g/mol. The minimum atomic E-state index is -4.46. The van der Waals surface area contributed by atoms with E-state index in [4.69, 9.17) is 0 Å². The van der Waals surface area contributed by atoms with Gasteiger partial charge in [-0.2, -0.15) is 13.2 Å². The van der Waals surface area contributed by atoms with Crippen molar-refractivity contribution in [2.24, 2.45) is 16.7 Å². The minimum absolute atomic E-state index is 0.00607. The van der Waals surface area contributed by atoms with Crippen LogP contribution in [0.2, 0.25) is 0 Å². The molecule has 3 rings (SSSR count). The Morgan fingerprint density at radius 3 is 2.54 bits per heavy atom. The fraction of sp³-hybridized carbons (Fsp3) is 0.611. The third-order valence-corrected chi connectivity index (χ3v) is 5.73. The minimum Gasteiger partial charge on any atom is -0.396 e. The molecule has 0 spiro atoms. The van der Waals surface area contributed by atoms with Crippen molar-refractivity contribution in [3.63, 3.8) is 0 Å². The summed E-state index contributed by atoms with van der Waals surface area (Å²) in [5.41, 5.74) is -0.964. The van der Waals surface area contributed by atoms with Gasteiger partial charge in [0.15, 0.2) is 0 Å². The summed E-state index contributed by atoms with van der Waals surface area (Å²) in [4.78, 5) is 14.2. The first kappa shape index (κ1) is 17.3. The van der Waals surface area contributed by atoms with Crippen LogP contribution < -0.4 is 0 Å². The van der Waals surface area contributed by atoms with Crippen LogP contribution in [0.25, 0.3) is 0 Å². The van der Waals surface area contributed by atoms with Crippen LogP contribution >= 0.6 is 0 Å². The van der Waals surface area contributed by atoms with Gasteiger partial charge < -0.3 is 10.0 Å². The summed E-state index contributed by atoms with van der Waals surface area (Å²) in [6.45, 7) is 5.19. The molecule has 1 aromatic carbocycles. The summed E-state index contributed by atoms with van der Waals surface area (Å²) in [7, 11) is 0. The molecule has 24 heavy (non-hydrogen) atoms. The van der Waals surface area contributed by atoms with Crippen molar-refractivity contribution in [2.75, 3.05) is 19.7 Å². The van der Waals surface area contributed by atoms with E-state index in [2.05, 4.69) is 13.8 Å². The molecule has 2 aliphatic rings. The number of aliphatic hydroxyl groups excluding tert-OH is 1. The fourth-order valence-corrected chi connectivity index (χ4v) is 4.76. The van der Waals surface area contributed by atoms with E-state index in [-0.39, 0.29) is 41.2 Å². The topological polar surface area (TPSA) is 40.5 Å². The van der Waals surface area contributed by atoms with Gasteiger partial charge in [-0.25, -0.2) is 0 Å². The Labute approximate surface area is 139 Å². The molecular formula is C18H22F3NO2. The van der Waals surface area contributed by atoms with E-state index in [0.29, 0.717) is 13.1 Å². The first-order valence-electron chi connectivity index (χ1n) is 8.13. The molecule has 0 radical (unpaired) electrons. The van der Waals surface area contributed by atoms with Gasteiger partial charge in [-0.05, 0) is 29.4 Å². The molecule has 1 N–H and O–H groups in total. The molecular weight excluding hydrogens is 319 g/mol. The molecule has 1 heterocycles. The van der Waals surface area contributed by atoms with Gasteiger partial charge in [0.05, 0.1) is 18.6 Å². The molecule has 1 amide bonds. The number of amides is 1. The zero-order valence-corrected chi connectivity index (χ0v) is 13.9. The second-order valence-electron chi connectivity index (χ2n) is 7.84. The molecule has 2 fully saturated rings. The largest absolute Gasteiger partial charge is 0.416 e. The van der Waals surface area contributed by atoms with Crippen LogP contribution in [0, 0.1) is 16.7 Å². The smallest absolute Gasteiger partial charge is 0.396 e. The van der Waals surface area contributed by atoms with E-state index in [1.54, 1.807) is 4.90 Å². The summed E-state index contributed by atoms with van der Waals surface area (Å²) in [6.07, 6.45) is -3.89. The van der Waals surface area contributed by atoms with Crippen molar-refractivity contribution in [3.8, 4) is 0 Å². The Balaban J connectivity index is 1.76. The number of aliphatic hydroxyl groups is 1. The molecule has 1 saturated heterocycles. The number of nitrogens with zero attached hydrogens (tertiary/aromatic N) is 1. The maximum absolute atomic E-state index is 13.1. The number of hydrogen-bond donors (Lipinski definition) is 1. The van der Waals surface area contributed by atoms with Crippen molar-refractivity contribution < 1.29 is 23.1 Å². The molecule has 1 aromatic rings. The Kier molecular flexibility index (Phi) is 3.94. The SMILES string of the molecule is CC1(C)C[C@]2(CO)CN(C(=O)Cc3ccccc3C(F)(F)F)C[C@H]12. The lowest BCUT2D eigenvalue weighted by Crippen LogP contribution is -2.54. The number of likely N-dealkylation sites (tertiary alicyclic amines) is 1. The number of carbonyl (C=O) groups is 1. The molecule has 1 aliphatic carbocycles. The van der Waals surface area contributed by atoms with Gasteiger partial charge in [0, 0.05) is 18.5 Å². The average Bonchev–Trinajstić information content (AvgIpc) is 2.82. The van der Waals surface area contributed by atoms with E-state index in [0.717, 1.165) is 12.5 Å². The normalized spacial score (nSPS) is 28.4. The third kappa shape index (κ3) is 2.70. The maximum Gasteiger partial charge on any atom is 0.416 e. The van der Waals surface area contributed by atoms with Crippen LogP contribution in [0.4, 0.5) is 13.2 Å². The van der Waals surface area contributed by atoms with Crippen molar-refractivity contribution >= 4 is 5.91 Å². The van der Waals surface area contributed by atoms with Gasteiger partial charge in [-0.3, -0.25) is 4.79 Å². The molecule has 2 atom stereocenters. The molecule has 1 saturated carbocycles. The molecule has 0 aromatic heterocycles. The molecule has 1 aliphatic heterocycles. The van der Waals surface area contributed by atoms with Crippen molar-refractivity contribution in [2.45, 2.75) is 32.9 Å². The number of halogens is 3. The second kappa shape index (κ2) is 5.48. The first-order chi connectivity index (χ1) is 11.1. The molecule has 6 heteroatoms. The number of fused-ring (bicyclic) bond motifs is 1. The Hall–Kier alpha value is -1.56. The van der Waals surface area contributed by atoms with E-state index in [9.17, 15) is 23.1 Å². The Morgan fingerprint density at radius 2 is 2.00 bits per heavy atom. The van der Waals surface area contributed by atoms with Gasteiger partial charge in [0.2, 0.25) is 5.91 Å². The zero-order valence-electron chi connectivity index (χ0n) is 13.9. The highest BCUT2D eigenvalue weighted by Gasteiger charge is 2.62. The van der Waals surface area contributed by atoms with Crippen molar-refractivity contribution in [1.82, 2.24) is 4.90 Å². The summed E-state index contributed by atoms with van der Waals surface area (Å²) in [5.74, 6) is -0.0958. The lowest BCUT2D eigenvalue weighted by molar-refractivity contribution is -0.138. The second-order valence-corrected chi connectivity index (χ2v) is 7.84. The number of carbonyl (C=O) groups excluding carboxylic acids is 1. The number of rotatable bonds is 3. The maximum atomic E-state index is 13.1. The van der Waals surface area contributed by atoms with E-state index in [1.165, 1.54) is 18.2 Å². The van der Waals surface area contributed by atoms with Crippen LogP contribution in [0.5, 0.6) is 0 Å². The van der Waals surface area contributed by atoms with E-state index >= 15 is 0 Å². The molecule has 132 valence electrons. The van der Waals surface area contributed by atoms with Gasteiger partial charge in [0.1, 0.15) is 0 Å². The lowest BCUT2D eigenvalue weighted by Gasteiger charge is -2.55. The molecule has 0 bridgehead atoms. The Bertz CT molecular complexity index is 656.